The predicted octanol–water partition coefficient (Wildman–Crippen LogP) is 3.45. The fraction of sp³-hybridized carbons (Fsp3) is 0.467. The molecule has 8 nitrogen and oxygen atoms in total. The standard InChI is InChI=1S/C30H37N3O5S/c1-3-32(4-2)19-27(34)39-26(17-20-11-6-5-7-12-20)28(35)31-23-18-21-13-8-9-14-22(21)24-15-10-16-25(30(37)38)33(24)29(23)36/h5-9,11-14,23-26H,3-4,10,15-19H2,1-2H3,(H,31,35)(H,37,38)/t23-,24+,25-,26+/m1/s1. The first kappa shape index (κ1) is 28.8. The van der Waals surface area contributed by atoms with Gasteiger partial charge in [-0.1, -0.05) is 80.2 Å². The van der Waals surface area contributed by atoms with Gasteiger partial charge in [0.25, 0.3) is 0 Å². The monoisotopic (exact) mass is 551 g/mol. The van der Waals surface area contributed by atoms with Gasteiger partial charge in [0.05, 0.1) is 17.8 Å². The van der Waals surface area contributed by atoms with Gasteiger partial charge in [-0.05, 0) is 55.5 Å². The number of thioether (sulfide) groups is 1. The summed E-state index contributed by atoms with van der Waals surface area (Å²) >= 11 is 1.00. The van der Waals surface area contributed by atoms with E-state index < -0.39 is 29.2 Å². The lowest BCUT2D eigenvalue weighted by Crippen LogP contribution is -2.56. The molecule has 1 fully saturated rings. The molecular formula is C30H37N3O5S. The Hall–Kier alpha value is -3.17. The molecule has 0 unspecified atom stereocenters. The quantitative estimate of drug-likeness (QED) is 0.466. The lowest BCUT2D eigenvalue weighted by atomic mass is 9.89. The molecule has 2 amide bonds. The zero-order valence-corrected chi connectivity index (χ0v) is 23.4. The molecule has 0 bridgehead atoms. The van der Waals surface area contributed by atoms with Crippen LogP contribution >= 0.6 is 11.8 Å². The van der Waals surface area contributed by atoms with E-state index >= 15 is 0 Å². The number of carboxylic acids is 1. The van der Waals surface area contributed by atoms with Gasteiger partial charge < -0.3 is 15.3 Å². The highest BCUT2D eigenvalue weighted by atomic mass is 32.2. The van der Waals surface area contributed by atoms with E-state index in [9.17, 15) is 24.3 Å². The summed E-state index contributed by atoms with van der Waals surface area (Å²) in [6, 6.07) is 15.0. The number of carbonyl (C=O) groups excluding carboxylic acids is 3. The molecule has 0 radical (unpaired) electrons. The van der Waals surface area contributed by atoms with E-state index in [1.807, 2.05) is 73.3 Å². The van der Waals surface area contributed by atoms with Crippen LogP contribution in [0.4, 0.5) is 0 Å². The molecule has 1 saturated heterocycles. The van der Waals surface area contributed by atoms with E-state index in [1.54, 1.807) is 0 Å². The van der Waals surface area contributed by atoms with E-state index in [-0.39, 0.29) is 30.0 Å². The van der Waals surface area contributed by atoms with Crippen molar-refractivity contribution in [1.82, 2.24) is 15.1 Å². The van der Waals surface area contributed by atoms with E-state index in [0.717, 1.165) is 41.5 Å². The van der Waals surface area contributed by atoms with Gasteiger partial charge in [-0.2, -0.15) is 0 Å². The van der Waals surface area contributed by atoms with Crippen LogP contribution in [0.15, 0.2) is 54.6 Å². The molecule has 2 aromatic carbocycles. The molecule has 0 aromatic heterocycles. The molecule has 0 aliphatic carbocycles. The van der Waals surface area contributed by atoms with Gasteiger partial charge >= 0.3 is 5.97 Å². The van der Waals surface area contributed by atoms with Crippen LogP contribution in [-0.4, -0.2) is 74.8 Å². The Morgan fingerprint density at radius 2 is 1.74 bits per heavy atom. The number of aliphatic carboxylic acids is 1. The topological polar surface area (TPSA) is 107 Å². The van der Waals surface area contributed by atoms with Crippen LogP contribution < -0.4 is 5.32 Å². The van der Waals surface area contributed by atoms with E-state index in [4.69, 9.17) is 0 Å². The molecule has 2 aliphatic heterocycles. The molecule has 2 heterocycles. The normalized spacial score (nSPS) is 21.5. The SMILES string of the molecule is CCN(CC)CC(=O)S[C@@H](Cc1ccccc1)C(=O)N[C@@H]1Cc2ccccc2[C@@H]2CCC[C@H](C(=O)O)N2C1=O. The largest absolute Gasteiger partial charge is 0.480 e. The lowest BCUT2D eigenvalue weighted by Gasteiger charge is -2.40. The molecule has 0 spiro atoms. The Morgan fingerprint density at radius 1 is 1.05 bits per heavy atom. The van der Waals surface area contributed by atoms with Crippen LogP contribution in [0.2, 0.25) is 0 Å². The molecule has 2 N–H and O–H groups in total. The smallest absolute Gasteiger partial charge is 0.326 e. The number of carbonyl (C=O) groups is 4. The van der Waals surface area contributed by atoms with Crippen molar-refractivity contribution in [3.63, 3.8) is 0 Å². The van der Waals surface area contributed by atoms with Crippen LogP contribution in [0, 0.1) is 0 Å². The summed E-state index contributed by atoms with van der Waals surface area (Å²) in [5, 5.41) is 12.1. The Balaban J connectivity index is 1.60. The third-order valence-electron chi connectivity index (χ3n) is 7.70. The third-order valence-corrected chi connectivity index (χ3v) is 8.75. The zero-order chi connectivity index (χ0) is 27.9. The fourth-order valence-corrected chi connectivity index (χ4v) is 6.63. The van der Waals surface area contributed by atoms with Gasteiger partial charge in [-0.25, -0.2) is 4.79 Å². The first-order valence-electron chi connectivity index (χ1n) is 13.7. The number of hydrogen-bond donors (Lipinski definition) is 2. The number of hydrogen-bond acceptors (Lipinski definition) is 6. The van der Waals surface area contributed by atoms with Crippen molar-refractivity contribution in [2.24, 2.45) is 0 Å². The summed E-state index contributed by atoms with van der Waals surface area (Å²) < 4.78 is 0. The molecule has 9 heteroatoms. The number of piperidine rings is 1. The summed E-state index contributed by atoms with van der Waals surface area (Å²) in [6.07, 6.45) is 2.38. The van der Waals surface area contributed by atoms with Crippen molar-refractivity contribution in [2.75, 3.05) is 19.6 Å². The minimum Gasteiger partial charge on any atom is -0.480 e. The highest BCUT2D eigenvalue weighted by molar-refractivity contribution is 8.14. The molecule has 208 valence electrons. The van der Waals surface area contributed by atoms with Crippen molar-refractivity contribution < 1.29 is 24.3 Å². The van der Waals surface area contributed by atoms with Gasteiger partial charge in [0, 0.05) is 6.42 Å². The molecule has 4 rings (SSSR count). The first-order chi connectivity index (χ1) is 18.8. The summed E-state index contributed by atoms with van der Waals surface area (Å²) in [4.78, 5) is 56.2. The maximum atomic E-state index is 13.9. The van der Waals surface area contributed by atoms with Crippen LogP contribution in [-0.2, 0) is 32.0 Å². The number of nitrogens with one attached hydrogen (secondary N) is 1. The Labute approximate surface area is 234 Å². The highest BCUT2D eigenvalue weighted by Crippen LogP contribution is 2.39. The van der Waals surface area contributed by atoms with Gasteiger partial charge in [0.15, 0.2) is 0 Å². The number of nitrogens with zero attached hydrogens (tertiary/aromatic N) is 2. The average Bonchev–Trinajstić information content (AvgIpc) is 3.06. The second-order valence-electron chi connectivity index (χ2n) is 10.1. The molecule has 39 heavy (non-hydrogen) atoms. The van der Waals surface area contributed by atoms with Crippen LogP contribution in [0.5, 0.6) is 0 Å². The van der Waals surface area contributed by atoms with Crippen molar-refractivity contribution >= 4 is 34.7 Å². The summed E-state index contributed by atoms with van der Waals surface area (Å²) in [6.45, 7) is 5.68. The van der Waals surface area contributed by atoms with Crippen molar-refractivity contribution in [3.8, 4) is 0 Å². The van der Waals surface area contributed by atoms with Crippen LogP contribution in [0.25, 0.3) is 0 Å². The second-order valence-corrected chi connectivity index (χ2v) is 11.4. The van der Waals surface area contributed by atoms with Crippen molar-refractivity contribution in [2.45, 2.75) is 69.3 Å². The van der Waals surface area contributed by atoms with Gasteiger partial charge in [0.1, 0.15) is 12.1 Å². The minimum absolute atomic E-state index is 0.102. The van der Waals surface area contributed by atoms with Gasteiger partial charge in [0.2, 0.25) is 16.9 Å². The Morgan fingerprint density at radius 3 is 2.44 bits per heavy atom. The zero-order valence-electron chi connectivity index (χ0n) is 22.5. The Kier molecular flexibility index (Phi) is 9.80. The molecule has 4 atom stereocenters. The lowest BCUT2D eigenvalue weighted by molar-refractivity contribution is -0.156. The Bertz CT molecular complexity index is 1190. The summed E-state index contributed by atoms with van der Waals surface area (Å²) in [5.41, 5.74) is 2.79. The maximum Gasteiger partial charge on any atom is 0.326 e. The predicted molar refractivity (Wildman–Crippen MR) is 151 cm³/mol. The third kappa shape index (κ3) is 6.89. The highest BCUT2D eigenvalue weighted by Gasteiger charge is 2.45. The fourth-order valence-electron chi connectivity index (χ4n) is 5.61. The number of carboxylic acid groups (broad SMARTS) is 1. The minimum atomic E-state index is -1.03. The number of benzene rings is 2. The van der Waals surface area contributed by atoms with Crippen molar-refractivity contribution in [3.05, 3.63) is 71.3 Å². The number of rotatable bonds is 10. The van der Waals surface area contributed by atoms with Crippen molar-refractivity contribution in [1.29, 1.82) is 0 Å². The maximum absolute atomic E-state index is 13.9. The van der Waals surface area contributed by atoms with Crippen LogP contribution in [0.3, 0.4) is 0 Å². The first-order valence-corrected chi connectivity index (χ1v) is 14.6. The van der Waals surface area contributed by atoms with E-state index in [2.05, 4.69) is 5.32 Å². The van der Waals surface area contributed by atoms with E-state index in [1.165, 1.54) is 4.90 Å². The van der Waals surface area contributed by atoms with Gasteiger partial charge in [-0.3, -0.25) is 19.3 Å². The number of likely N-dealkylation sites (N-methyl/N-ethyl adjacent to an activating group) is 1. The van der Waals surface area contributed by atoms with Gasteiger partial charge in [-0.15, -0.1) is 0 Å². The average molecular weight is 552 g/mol. The second kappa shape index (κ2) is 13.3. The summed E-state index contributed by atoms with van der Waals surface area (Å²) in [5.74, 6) is -1.80. The number of amides is 2. The molecule has 2 aromatic rings. The number of fused-ring (bicyclic) bond motifs is 3. The van der Waals surface area contributed by atoms with Crippen LogP contribution in [0.1, 0.15) is 55.8 Å². The molecule has 0 saturated carbocycles. The molecule has 2 aliphatic rings. The molecular weight excluding hydrogens is 514 g/mol. The summed E-state index contributed by atoms with van der Waals surface area (Å²) in [7, 11) is 0. The van der Waals surface area contributed by atoms with E-state index in [0.29, 0.717) is 25.7 Å².